The van der Waals surface area contributed by atoms with Crippen LogP contribution in [0.5, 0.6) is 5.75 Å². The number of hydrogen-bond donors (Lipinski definition) is 0. The average Bonchev–Trinajstić information content (AvgIpc) is 2.64. The van der Waals surface area contributed by atoms with Crippen LogP contribution >= 0.6 is 0 Å². The fourth-order valence-electron chi connectivity index (χ4n) is 2.98. The number of rotatable bonds is 3. The maximum Gasteiger partial charge on any atom is 0.169 e. The lowest BCUT2D eigenvalue weighted by atomic mass is 10.1. The van der Waals surface area contributed by atoms with E-state index in [9.17, 15) is 9.65 Å². The van der Waals surface area contributed by atoms with Crippen molar-refractivity contribution >= 4 is 11.5 Å². The number of benzene rings is 1. The molecule has 6 nitrogen and oxygen atoms in total. The van der Waals surface area contributed by atoms with Crippen LogP contribution in [0.3, 0.4) is 0 Å². The highest BCUT2D eigenvalue weighted by atomic mass is 19.1. The summed E-state index contributed by atoms with van der Waals surface area (Å²) in [5.74, 6) is 0.506. The normalized spacial score (nSPS) is 14.4. The quantitative estimate of drug-likeness (QED) is 0.854. The van der Waals surface area contributed by atoms with Crippen LogP contribution < -0.4 is 14.5 Å². The fraction of sp³-hybridized carbons (Fsp3) is 0.389. The second-order valence-electron chi connectivity index (χ2n) is 6.01. The Bertz CT molecular complexity index is 825. The van der Waals surface area contributed by atoms with Crippen molar-refractivity contribution in [2.24, 2.45) is 0 Å². The van der Waals surface area contributed by atoms with Crippen LogP contribution in [0.1, 0.15) is 16.8 Å². The molecule has 25 heavy (non-hydrogen) atoms. The van der Waals surface area contributed by atoms with Gasteiger partial charge in [-0.1, -0.05) is 0 Å². The molecule has 0 amide bonds. The molecule has 0 radical (unpaired) electrons. The van der Waals surface area contributed by atoms with E-state index in [1.165, 1.54) is 13.2 Å². The highest BCUT2D eigenvalue weighted by Crippen LogP contribution is 2.26. The smallest absolute Gasteiger partial charge is 0.169 e. The Hall–Kier alpha value is -2.88. The monoisotopic (exact) mass is 341 g/mol. The number of nitrogens with zero attached hydrogens (tertiary/aromatic N) is 5. The van der Waals surface area contributed by atoms with Gasteiger partial charge >= 0.3 is 0 Å². The predicted octanol–water partition coefficient (Wildman–Crippen LogP) is 2.44. The van der Waals surface area contributed by atoms with E-state index in [-0.39, 0.29) is 11.6 Å². The van der Waals surface area contributed by atoms with Gasteiger partial charge in [0.05, 0.1) is 12.8 Å². The topological polar surface area (TPSA) is 65.3 Å². The van der Waals surface area contributed by atoms with E-state index in [4.69, 9.17) is 4.74 Å². The summed E-state index contributed by atoms with van der Waals surface area (Å²) in [6.45, 7) is 6.56. The standard InChI is InChI=1S/C18H20FN5O/c1-12-13(2)21-22-18(15(12)11-20)24-8-6-23(7-9-24)14-4-5-17(25-3)16(19)10-14/h4-5,10H,6-9H2,1-3H3. The van der Waals surface area contributed by atoms with E-state index in [0.717, 1.165) is 16.9 Å². The predicted molar refractivity (Wildman–Crippen MR) is 93.6 cm³/mol. The number of halogens is 1. The molecule has 0 saturated carbocycles. The van der Waals surface area contributed by atoms with Crippen molar-refractivity contribution < 1.29 is 9.13 Å². The van der Waals surface area contributed by atoms with Gasteiger partial charge in [0.15, 0.2) is 17.4 Å². The van der Waals surface area contributed by atoms with Gasteiger partial charge in [0.25, 0.3) is 0 Å². The van der Waals surface area contributed by atoms with Gasteiger partial charge in [-0.25, -0.2) is 4.39 Å². The molecular weight excluding hydrogens is 321 g/mol. The van der Waals surface area contributed by atoms with E-state index < -0.39 is 0 Å². The maximum absolute atomic E-state index is 13.9. The molecule has 0 N–H and O–H groups in total. The second-order valence-corrected chi connectivity index (χ2v) is 6.01. The first-order chi connectivity index (χ1) is 12.0. The van der Waals surface area contributed by atoms with Gasteiger partial charge in [0, 0.05) is 37.9 Å². The molecule has 1 aliphatic heterocycles. The molecule has 130 valence electrons. The van der Waals surface area contributed by atoms with Crippen LogP contribution in [0, 0.1) is 31.0 Å². The summed E-state index contributed by atoms with van der Waals surface area (Å²) in [7, 11) is 1.45. The summed E-state index contributed by atoms with van der Waals surface area (Å²) in [5.41, 5.74) is 3.04. The van der Waals surface area contributed by atoms with Gasteiger partial charge in [-0.2, -0.15) is 10.4 Å². The third kappa shape index (κ3) is 3.20. The van der Waals surface area contributed by atoms with Crippen LogP contribution in [0.4, 0.5) is 15.9 Å². The minimum atomic E-state index is -0.366. The Morgan fingerprint density at radius 2 is 1.80 bits per heavy atom. The number of anilines is 2. The zero-order chi connectivity index (χ0) is 18.0. The van der Waals surface area contributed by atoms with Crippen LogP contribution in [0.15, 0.2) is 18.2 Å². The number of ether oxygens (including phenoxy) is 1. The molecule has 2 heterocycles. The third-order valence-corrected chi connectivity index (χ3v) is 4.63. The van der Waals surface area contributed by atoms with Gasteiger partial charge in [0.2, 0.25) is 0 Å². The number of aryl methyl sites for hydroxylation is 1. The van der Waals surface area contributed by atoms with Crippen LogP contribution in [0.25, 0.3) is 0 Å². The van der Waals surface area contributed by atoms with E-state index in [1.807, 2.05) is 19.9 Å². The largest absolute Gasteiger partial charge is 0.494 e. The molecule has 3 rings (SSSR count). The molecule has 1 fully saturated rings. The molecule has 1 aromatic heterocycles. The minimum Gasteiger partial charge on any atom is -0.494 e. The average molecular weight is 341 g/mol. The van der Waals surface area contributed by atoms with Crippen LogP contribution in [-0.2, 0) is 0 Å². The second kappa shape index (κ2) is 6.93. The van der Waals surface area contributed by atoms with Gasteiger partial charge in [-0.3, -0.25) is 0 Å². The van der Waals surface area contributed by atoms with E-state index in [0.29, 0.717) is 37.6 Å². The van der Waals surface area contributed by atoms with Gasteiger partial charge in [-0.15, -0.1) is 5.10 Å². The molecule has 1 saturated heterocycles. The van der Waals surface area contributed by atoms with Crippen molar-refractivity contribution in [3.63, 3.8) is 0 Å². The van der Waals surface area contributed by atoms with Crippen molar-refractivity contribution in [3.05, 3.63) is 40.8 Å². The lowest BCUT2D eigenvalue weighted by Gasteiger charge is -2.37. The van der Waals surface area contributed by atoms with E-state index in [1.54, 1.807) is 6.07 Å². The third-order valence-electron chi connectivity index (χ3n) is 4.63. The summed E-state index contributed by atoms with van der Waals surface area (Å²) < 4.78 is 18.9. The fourth-order valence-corrected chi connectivity index (χ4v) is 2.98. The zero-order valence-corrected chi connectivity index (χ0v) is 14.6. The zero-order valence-electron chi connectivity index (χ0n) is 14.6. The summed E-state index contributed by atoms with van der Waals surface area (Å²) in [5, 5.41) is 17.8. The van der Waals surface area contributed by atoms with E-state index >= 15 is 0 Å². The molecule has 0 atom stereocenters. The minimum absolute atomic E-state index is 0.242. The first kappa shape index (κ1) is 17.0. The van der Waals surface area contributed by atoms with Crippen molar-refractivity contribution in [2.45, 2.75) is 13.8 Å². The molecule has 0 bridgehead atoms. The number of methoxy groups -OCH3 is 1. The Morgan fingerprint density at radius 1 is 1.12 bits per heavy atom. The molecular formula is C18H20FN5O. The summed E-state index contributed by atoms with van der Waals surface area (Å²) in [4.78, 5) is 4.17. The number of piperazine rings is 1. The molecule has 1 aliphatic rings. The van der Waals surface area contributed by atoms with E-state index in [2.05, 4.69) is 26.1 Å². The van der Waals surface area contributed by atoms with Crippen molar-refractivity contribution in [3.8, 4) is 11.8 Å². The first-order valence-corrected chi connectivity index (χ1v) is 8.12. The van der Waals surface area contributed by atoms with Crippen molar-refractivity contribution in [2.75, 3.05) is 43.1 Å². The molecule has 2 aromatic rings. The van der Waals surface area contributed by atoms with Gasteiger partial charge in [0.1, 0.15) is 11.6 Å². The first-order valence-electron chi connectivity index (χ1n) is 8.12. The highest BCUT2D eigenvalue weighted by Gasteiger charge is 2.23. The number of hydrogen-bond acceptors (Lipinski definition) is 6. The van der Waals surface area contributed by atoms with Crippen molar-refractivity contribution in [1.29, 1.82) is 5.26 Å². The highest BCUT2D eigenvalue weighted by molar-refractivity contribution is 5.59. The summed E-state index contributed by atoms with van der Waals surface area (Å²) in [6, 6.07) is 7.23. The Labute approximate surface area is 146 Å². The van der Waals surface area contributed by atoms with Gasteiger partial charge in [-0.05, 0) is 31.5 Å². The molecule has 0 spiro atoms. The Morgan fingerprint density at radius 3 is 2.40 bits per heavy atom. The Balaban J connectivity index is 1.76. The molecule has 0 aliphatic carbocycles. The van der Waals surface area contributed by atoms with Crippen molar-refractivity contribution in [1.82, 2.24) is 10.2 Å². The molecule has 7 heteroatoms. The maximum atomic E-state index is 13.9. The SMILES string of the molecule is COc1ccc(N2CCN(c3nnc(C)c(C)c3C#N)CC2)cc1F. The lowest BCUT2D eigenvalue weighted by molar-refractivity contribution is 0.386. The summed E-state index contributed by atoms with van der Waals surface area (Å²) in [6.07, 6.45) is 0. The molecule has 1 aromatic carbocycles. The number of aromatic nitrogens is 2. The molecule has 0 unspecified atom stereocenters. The van der Waals surface area contributed by atoms with Gasteiger partial charge < -0.3 is 14.5 Å². The lowest BCUT2D eigenvalue weighted by Crippen LogP contribution is -2.47. The number of nitriles is 1. The Kier molecular flexibility index (Phi) is 4.70. The van der Waals surface area contributed by atoms with Crippen LogP contribution in [0.2, 0.25) is 0 Å². The summed E-state index contributed by atoms with van der Waals surface area (Å²) >= 11 is 0. The van der Waals surface area contributed by atoms with Crippen LogP contribution in [-0.4, -0.2) is 43.5 Å².